The molecule has 4 heteroatoms. The number of rotatable bonds is 5. The van der Waals surface area contributed by atoms with Gasteiger partial charge in [-0.05, 0) is 36.8 Å². The summed E-state index contributed by atoms with van der Waals surface area (Å²) in [4.78, 5) is 12.2. The van der Waals surface area contributed by atoms with Crippen LogP contribution < -0.4 is 11.1 Å². The fraction of sp³-hybridized carbons (Fsp3) is 0.562. The molecule has 0 bridgehead atoms. The summed E-state index contributed by atoms with van der Waals surface area (Å²) in [5, 5.41) is 3.11. The van der Waals surface area contributed by atoms with Crippen LogP contribution in [-0.2, 0) is 6.54 Å². The Morgan fingerprint density at radius 1 is 1.25 bits per heavy atom. The van der Waals surface area contributed by atoms with Crippen molar-refractivity contribution in [3.8, 4) is 0 Å². The van der Waals surface area contributed by atoms with Gasteiger partial charge in [0.2, 0.25) is 0 Å². The van der Waals surface area contributed by atoms with Crippen LogP contribution in [0.2, 0.25) is 0 Å². The van der Waals surface area contributed by atoms with E-state index in [-0.39, 0.29) is 10.7 Å². The first-order valence-corrected chi connectivity index (χ1v) is 8.54. The lowest BCUT2D eigenvalue weighted by Gasteiger charge is -2.35. The Hall–Kier alpha value is -1.00. The molecule has 1 saturated carbocycles. The molecular formula is C16H24N2OS. The van der Waals surface area contributed by atoms with E-state index in [2.05, 4.69) is 11.6 Å². The summed E-state index contributed by atoms with van der Waals surface area (Å²) in [5.74, 6) is 0.0209. The zero-order chi connectivity index (χ0) is 14.4. The van der Waals surface area contributed by atoms with Gasteiger partial charge in [0.1, 0.15) is 0 Å². The van der Waals surface area contributed by atoms with Crippen molar-refractivity contribution in [3.05, 3.63) is 35.4 Å². The van der Waals surface area contributed by atoms with Crippen LogP contribution >= 0.6 is 11.8 Å². The Balaban J connectivity index is 1.93. The summed E-state index contributed by atoms with van der Waals surface area (Å²) in [7, 11) is 0. The van der Waals surface area contributed by atoms with Gasteiger partial charge >= 0.3 is 0 Å². The second-order valence-corrected chi connectivity index (χ2v) is 6.81. The molecule has 0 aromatic heterocycles. The number of amides is 1. The van der Waals surface area contributed by atoms with Crippen LogP contribution in [0.5, 0.6) is 0 Å². The van der Waals surface area contributed by atoms with Crippen LogP contribution in [0.15, 0.2) is 24.3 Å². The van der Waals surface area contributed by atoms with Gasteiger partial charge in [0.15, 0.2) is 0 Å². The summed E-state index contributed by atoms with van der Waals surface area (Å²) in [6, 6.07) is 7.54. The van der Waals surface area contributed by atoms with Crippen molar-refractivity contribution in [3.63, 3.8) is 0 Å². The molecule has 0 radical (unpaired) electrons. The fourth-order valence-electron chi connectivity index (χ4n) is 2.78. The normalized spacial score (nSPS) is 17.7. The van der Waals surface area contributed by atoms with Crippen LogP contribution in [0.4, 0.5) is 0 Å². The van der Waals surface area contributed by atoms with Crippen LogP contribution in [0.1, 0.15) is 48.0 Å². The van der Waals surface area contributed by atoms with Crippen LogP contribution in [0.25, 0.3) is 0 Å². The van der Waals surface area contributed by atoms with E-state index < -0.39 is 0 Å². The summed E-state index contributed by atoms with van der Waals surface area (Å²) in [6.45, 7) is 1.28. The van der Waals surface area contributed by atoms with Gasteiger partial charge in [0.05, 0.1) is 0 Å². The number of carbonyl (C=O) groups is 1. The van der Waals surface area contributed by atoms with Gasteiger partial charge in [-0.25, -0.2) is 0 Å². The topological polar surface area (TPSA) is 55.1 Å². The van der Waals surface area contributed by atoms with Crippen molar-refractivity contribution in [1.29, 1.82) is 0 Å². The smallest absolute Gasteiger partial charge is 0.251 e. The first-order chi connectivity index (χ1) is 9.69. The number of hydrogen-bond donors (Lipinski definition) is 2. The van der Waals surface area contributed by atoms with Crippen molar-refractivity contribution in [2.24, 2.45) is 5.73 Å². The van der Waals surface area contributed by atoms with Crippen molar-refractivity contribution in [2.75, 3.05) is 12.8 Å². The molecule has 0 unspecified atom stereocenters. The molecule has 0 atom stereocenters. The van der Waals surface area contributed by atoms with E-state index in [4.69, 9.17) is 5.73 Å². The minimum Gasteiger partial charge on any atom is -0.351 e. The molecule has 20 heavy (non-hydrogen) atoms. The monoisotopic (exact) mass is 292 g/mol. The van der Waals surface area contributed by atoms with E-state index in [0.717, 1.165) is 12.1 Å². The highest BCUT2D eigenvalue weighted by Crippen LogP contribution is 2.37. The molecule has 3 N–H and O–H groups in total. The molecule has 0 spiro atoms. The molecule has 1 amide bonds. The third kappa shape index (κ3) is 3.76. The highest BCUT2D eigenvalue weighted by atomic mass is 32.2. The molecule has 110 valence electrons. The molecule has 1 aliphatic carbocycles. The molecule has 1 fully saturated rings. The van der Waals surface area contributed by atoms with Crippen molar-refractivity contribution in [1.82, 2.24) is 5.32 Å². The van der Waals surface area contributed by atoms with Crippen molar-refractivity contribution in [2.45, 2.75) is 43.4 Å². The standard InChI is InChI=1S/C16H24N2OS/c1-20-16(9-3-2-4-10-16)12-18-15(19)14-7-5-13(11-17)6-8-14/h5-8H,2-4,9-12,17H2,1H3,(H,18,19). The molecule has 3 nitrogen and oxygen atoms in total. The average molecular weight is 292 g/mol. The predicted octanol–water partition coefficient (Wildman–Crippen LogP) is 2.94. The first kappa shape index (κ1) is 15.4. The number of nitrogens with one attached hydrogen (secondary N) is 1. The average Bonchev–Trinajstić information content (AvgIpc) is 2.53. The molecule has 0 heterocycles. The van der Waals surface area contributed by atoms with Gasteiger partial charge in [0.25, 0.3) is 5.91 Å². The Kier molecular flexibility index (Phi) is 5.49. The quantitative estimate of drug-likeness (QED) is 0.877. The van der Waals surface area contributed by atoms with Crippen LogP contribution in [0, 0.1) is 0 Å². The molecule has 0 aliphatic heterocycles. The fourth-order valence-corrected chi connectivity index (χ4v) is 3.70. The summed E-state index contributed by atoms with van der Waals surface area (Å²) in [6.07, 6.45) is 8.47. The lowest BCUT2D eigenvalue weighted by atomic mass is 9.88. The van der Waals surface area contributed by atoms with Crippen molar-refractivity contribution >= 4 is 17.7 Å². The molecule has 1 aliphatic rings. The Morgan fingerprint density at radius 3 is 2.45 bits per heavy atom. The number of benzene rings is 1. The van der Waals surface area contributed by atoms with E-state index in [0.29, 0.717) is 12.1 Å². The maximum Gasteiger partial charge on any atom is 0.251 e. The number of hydrogen-bond acceptors (Lipinski definition) is 3. The summed E-state index contributed by atoms with van der Waals surface area (Å²) >= 11 is 1.91. The highest BCUT2D eigenvalue weighted by Gasteiger charge is 2.31. The third-order valence-electron chi connectivity index (χ3n) is 4.22. The van der Waals surface area contributed by atoms with Gasteiger partial charge in [0, 0.05) is 23.4 Å². The van der Waals surface area contributed by atoms with Crippen molar-refractivity contribution < 1.29 is 4.79 Å². The molecule has 0 saturated heterocycles. The molecule has 1 aromatic carbocycles. The minimum atomic E-state index is 0.0209. The SMILES string of the molecule is CSC1(CNC(=O)c2ccc(CN)cc2)CCCCC1. The van der Waals surface area contributed by atoms with E-state index in [9.17, 15) is 4.79 Å². The Morgan fingerprint density at radius 2 is 1.90 bits per heavy atom. The minimum absolute atomic E-state index is 0.0209. The number of carbonyl (C=O) groups excluding carboxylic acids is 1. The highest BCUT2D eigenvalue weighted by molar-refractivity contribution is 8.00. The lowest BCUT2D eigenvalue weighted by Crippen LogP contribution is -2.41. The van der Waals surface area contributed by atoms with E-state index in [1.807, 2.05) is 36.0 Å². The lowest BCUT2D eigenvalue weighted by molar-refractivity contribution is 0.0947. The zero-order valence-corrected chi connectivity index (χ0v) is 13.0. The zero-order valence-electron chi connectivity index (χ0n) is 12.2. The van der Waals surface area contributed by atoms with Gasteiger partial charge in [-0.2, -0.15) is 11.8 Å². The maximum absolute atomic E-state index is 12.2. The molecular weight excluding hydrogens is 268 g/mol. The summed E-state index contributed by atoms with van der Waals surface area (Å²) in [5.41, 5.74) is 7.33. The second kappa shape index (κ2) is 7.14. The Bertz CT molecular complexity index is 438. The Labute approximate surface area is 125 Å². The van der Waals surface area contributed by atoms with Crippen LogP contribution in [-0.4, -0.2) is 23.5 Å². The largest absolute Gasteiger partial charge is 0.351 e. The number of thioether (sulfide) groups is 1. The number of nitrogens with two attached hydrogens (primary N) is 1. The van der Waals surface area contributed by atoms with Gasteiger partial charge in [-0.15, -0.1) is 0 Å². The van der Waals surface area contributed by atoms with Gasteiger partial charge < -0.3 is 11.1 Å². The predicted molar refractivity (Wildman–Crippen MR) is 86.0 cm³/mol. The van der Waals surface area contributed by atoms with Crippen LogP contribution in [0.3, 0.4) is 0 Å². The van der Waals surface area contributed by atoms with E-state index >= 15 is 0 Å². The molecule has 2 rings (SSSR count). The molecule has 1 aromatic rings. The van der Waals surface area contributed by atoms with E-state index in [1.54, 1.807) is 0 Å². The van der Waals surface area contributed by atoms with Gasteiger partial charge in [-0.1, -0.05) is 31.4 Å². The second-order valence-electron chi connectivity index (χ2n) is 5.53. The maximum atomic E-state index is 12.2. The van der Waals surface area contributed by atoms with E-state index in [1.165, 1.54) is 32.1 Å². The third-order valence-corrected chi connectivity index (χ3v) is 5.64. The van der Waals surface area contributed by atoms with Gasteiger partial charge in [-0.3, -0.25) is 4.79 Å². The first-order valence-electron chi connectivity index (χ1n) is 7.31. The summed E-state index contributed by atoms with van der Waals surface area (Å²) < 4.78 is 0.241.